The number of hydrogen-bond acceptors (Lipinski definition) is 3. The number of amides is 1. The van der Waals surface area contributed by atoms with Crippen molar-refractivity contribution in [2.45, 2.75) is 52.1 Å². The van der Waals surface area contributed by atoms with Gasteiger partial charge in [-0.15, -0.1) is 0 Å². The second-order valence-electron chi connectivity index (χ2n) is 4.50. The first kappa shape index (κ1) is 11.0. The number of carbonyl (C=O) groups is 1. The Morgan fingerprint density at radius 3 is 2.43 bits per heavy atom. The second kappa shape index (κ2) is 4.44. The Hall–Kier alpha value is -1.06. The second-order valence-corrected chi connectivity index (χ2v) is 4.50. The summed E-state index contributed by atoms with van der Waals surface area (Å²) in [5.41, 5.74) is 3.02. The highest BCUT2D eigenvalue weighted by atomic mass is 16.6. The average Bonchev–Trinajstić information content (AvgIpc) is 2.49. The van der Waals surface area contributed by atoms with Gasteiger partial charge in [0.25, 0.3) is 0 Å². The Kier molecular flexibility index (Phi) is 3.49. The van der Waals surface area contributed by atoms with E-state index in [-0.39, 0.29) is 0 Å². The topological polar surface area (TPSA) is 50.7 Å². The maximum Gasteiger partial charge on any atom is 0.428 e. The summed E-state index contributed by atoms with van der Waals surface area (Å²) in [5, 5.41) is 4.00. The van der Waals surface area contributed by atoms with Crippen LogP contribution in [0.3, 0.4) is 0 Å². The molecule has 0 aromatic rings. The van der Waals surface area contributed by atoms with E-state index < -0.39 is 11.7 Å². The molecule has 1 saturated carbocycles. The van der Waals surface area contributed by atoms with Gasteiger partial charge in [-0.25, -0.2) is 10.2 Å². The van der Waals surface area contributed by atoms with Crippen LogP contribution in [0.5, 0.6) is 0 Å². The molecular formula is C10H18N2O2. The third-order valence-corrected chi connectivity index (χ3v) is 1.88. The van der Waals surface area contributed by atoms with Gasteiger partial charge in [0.1, 0.15) is 5.60 Å². The Bertz CT molecular complexity index is 233. The maximum absolute atomic E-state index is 11.2. The summed E-state index contributed by atoms with van der Waals surface area (Å²) in [6.07, 6.45) is 3.87. The van der Waals surface area contributed by atoms with Crippen molar-refractivity contribution in [2.75, 3.05) is 0 Å². The van der Waals surface area contributed by atoms with Crippen molar-refractivity contribution in [3.63, 3.8) is 0 Å². The van der Waals surface area contributed by atoms with Gasteiger partial charge >= 0.3 is 6.09 Å². The van der Waals surface area contributed by atoms with E-state index in [2.05, 4.69) is 10.5 Å². The summed E-state index contributed by atoms with van der Waals surface area (Å²) in [6.45, 7) is 5.49. The van der Waals surface area contributed by atoms with Gasteiger partial charge < -0.3 is 4.74 Å². The zero-order valence-corrected chi connectivity index (χ0v) is 9.09. The van der Waals surface area contributed by atoms with E-state index in [1.165, 1.54) is 12.8 Å². The largest absolute Gasteiger partial charge is 0.443 e. The molecule has 0 radical (unpaired) electrons. The molecule has 4 heteroatoms. The van der Waals surface area contributed by atoms with Crippen LogP contribution in [-0.2, 0) is 4.74 Å². The van der Waals surface area contributed by atoms with Crippen molar-refractivity contribution in [1.29, 1.82) is 0 Å². The van der Waals surface area contributed by atoms with Gasteiger partial charge in [-0.3, -0.25) is 0 Å². The van der Waals surface area contributed by atoms with E-state index in [1.807, 2.05) is 20.8 Å². The summed E-state index contributed by atoms with van der Waals surface area (Å²) in [7, 11) is 0. The summed E-state index contributed by atoms with van der Waals surface area (Å²) >= 11 is 0. The van der Waals surface area contributed by atoms with Crippen LogP contribution in [-0.4, -0.2) is 17.4 Å². The van der Waals surface area contributed by atoms with Crippen molar-refractivity contribution in [2.24, 2.45) is 5.10 Å². The predicted molar refractivity (Wildman–Crippen MR) is 55.3 cm³/mol. The van der Waals surface area contributed by atoms with Crippen molar-refractivity contribution in [3.05, 3.63) is 0 Å². The molecule has 1 N–H and O–H groups in total. The van der Waals surface area contributed by atoms with Crippen LogP contribution in [0.1, 0.15) is 46.5 Å². The Morgan fingerprint density at radius 1 is 1.36 bits per heavy atom. The third-order valence-electron chi connectivity index (χ3n) is 1.88. The van der Waals surface area contributed by atoms with E-state index >= 15 is 0 Å². The quantitative estimate of drug-likeness (QED) is 0.658. The molecule has 1 aliphatic rings. The smallest absolute Gasteiger partial charge is 0.428 e. The van der Waals surface area contributed by atoms with E-state index in [9.17, 15) is 4.79 Å². The number of rotatable bonds is 1. The fraction of sp³-hybridized carbons (Fsp3) is 0.800. The van der Waals surface area contributed by atoms with E-state index in [4.69, 9.17) is 4.74 Å². The molecule has 0 aromatic heterocycles. The zero-order chi connectivity index (χ0) is 10.6. The van der Waals surface area contributed by atoms with Crippen LogP contribution >= 0.6 is 0 Å². The monoisotopic (exact) mass is 198 g/mol. The summed E-state index contributed by atoms with van der Waals surface area (Å²) in [6, 6.07) is 0. The highest BCUT2D eigenvalue weighted by Gasteiger charge is 2.16. The lowest BCUT2D eigenvalue weighted by Gasteiger charge is -2.18. The molecular weight excluding hydrogens is 180 g/mol. The first-order valence-corrected chi connectivity index (χ1v) is 5.02. The molecule has 80 valence electrons. The van der Waals surface area contributed by atoms with Gasteiger partial charge in [-0.05, 0) is 46.5 Å². The number of nitrogens with zero attached hydrogens (tertiary/aromatic N) is 1. The number of carbonyl (C=O) groups excluding carboxylic acids is 1. The van der Waals surface area contributed by atoms with Crippen LogP contribution in [0.4, 0.5) is 4.79 Å². The number of hydrazone groups is 1. The molecule has 0 aromatic carbocycles. The van der Waals surface area contributed by atoms with Gasteiger partial charge in [0, 0.05) is 5.71 Å². The highest BCUT2D eigenvalue weighted by Crippen LogP contribution is 2.14. The summed E-state index contributed by atoms with van der Waals surface area (Å²) < 4.78 is 5.04. The molecule has 0 unspecified atom stereocenters. The summed E-state index contributed by atoms with van der Waals surface area (Å²) in [4.78, 5) is 11.2. The number of hydrogen-bond donors (Lipinski definition) is 1. The molecule has 0 atom stereocenters. The van der Waals surface area contributed by atoms with Crippen LogP contribution in [0.25, 0.3) is 0 Å². The normalized spacial score (nSPS) is 16.6. The molecule has 0 bridgehead atoms. The van der Waals surface area contributed by atoms with Crippen LogP contribution in [0.2, 0.25) is 0 Å². The molecule has 1 aliphatic carbocycles. The van der Waals surface area contributed by atoms with Crippen molar-refractivity contribution in [1.82, 2.24) is 5.43 Å². The Labute approximate surface area is 84.7 Å². The molecule has 0 aliphatic heterocycles. The van der Waals surface area contributed by atoms with Gasteiger partial charge in [0.2, 0.25) is 0 Å². The predicted octanol–water partition coefficient (Wildman–Crippen LogP) is 2.44. The minimum absolute atomic E-state index is 0.458. The van der Waals surface area contributed by atoms with Crippen molar-refractivity contribution < 1.29 is 9.53 Å². The maximum atomic E-state index is 11.2. The molecule has 0 spiro atoms. The lowest BCUT2D eigenvalue weighted by atomic mass is 10.2. The molecule has 1 amide bonds. The molecule has 1 rings (SSSR count). The molecule has 0 saturated heterocycles. The van der Waals surface area contributed by atoms with Gasteiger partial charge in [-0.1, -0.05) is 0 Å². The zero-order valence-electron chi connectivity index (χ0n) is 9.09. The van der Waals surface area contributed by atoms with Crippen LogP contribution in [0, 0.1) is 0 Å². The Morgan fingerprint density at radius 2 is 1.93 bits per heavy atom. The van der Waals surface area contributed by atoms with Gasteiger partial charge in [0.05, 0.1) is 0 Å². The minimum atomic E-state index is -0.475. The SMILES string of the molecule is CC(C)(C)OC(=O)NN=C1CCCC1. The minimum Gasteiger partial charge on any atom is -0.443 e. The van der Waals surface area contributed by atoms with Crippen molar-refractivity contribution >= 4 is 11.8 Å². The first-order valence-electron chi connectivity index (χ1n) is 5.02. The molecule has 1 fully saturated rings. The fourth-order valence-electron chi connectivity index (χ4n) is 1.32. The van der Waals surface area contributed by atoms with Crippen molar-refractivity contribution in [3.8, 4) is 0 Å². The van der Waals surface area contributed by atoms with E-state index in [0.717, 1.165) is 18.6 Å². The number of ether oxygens (including phenoxy) is 1. The fourth-order valence-corrected chi connectivity index (χ4v) is 1.32. The average molecular weight is 198 g/mol. The molecule has 4 nitrogen and oxygen atoms in total. The molecule has 0 heterocycles. The van der Waals surface area contributed by atoms with Gasteiger partial charge in [-0.2, -0.15) is 5.10 Å². The standard InChI is InChI=1S/C10H18N2O2/c1-10(2,3)14-9(13)12-11-8-6-4-5-7-8/h4-7H2,1-3H3,(H,12,13). The summed E-state index contributed by atoms with van der Waals surface area (Å²) in [5.74, 6) is 0. The van der Waals surface area contributed by atoms with Crippen LogP contribution in [0.15, 0.2) is 5.10 Å². The molecule has 14 heavy (non-hydrogen) atoms. The first-order chi connectivity index (χ1) is 6.47. The number of nitrogens with one attached hydrogen (secondary N) is 1. The lowest BCUT2D eigenvalue weighted by molar-refractivity contribution is 0.0529. The Balaban J connectivity index is 2.30. The highest BCUT2D eigenvalue weighted by molar-refractivity contribution is 5.86. The van der Waals surface area contributed by atoms with E-state index in [0.29, 0.717) is 0 Å². The lowest BCUT2D eigenvalue weighted by Crippen LogP contribution is -2.30. The third kappa shape index (κ3) is 4.25. The van der Waals surface area contributed by atoms with E-state index in [1.54, 1.807) is 0 Å². The van der Waals surface area contributed by atoms with Gasteiger partial charge in [0.15, 0.2) is 0 Å². The van der Waals surface area contributed by atoms with Crippen LogP contribution < -0.4 is 5.43 Å².